The molecule has 2 heteroatoms. The van der Waals surface area contributed by atoms with Crippen molar-refractivity contribution in [2.24, 2.45) is 5.73 Å². The van der Waals surface area contributed by atoms with E-state index in [1.54, 1.807) is 6.08 Å². The molecule has 1 aliphatic carbocycles. The normalized spacial score (nSPS) is 17.1. The minimum absolute atomic E-state index is 0.352. The summed E-state index contributed by atoms with van der Waals surface area (Å²) in [7, 11) is 0. The summed E-state index contributed by atoms with van der Waals surface area (Å²) in [5.41, 5.74) is 10.1. The number of carbonyl (C=O) groups is 1. The second kappa shape index (κ2) is 3.29. The van der Waals surface area contributed by atoms with E-state index in [0.29, 0.717) is 0 Å². The molecule has 72 valence electrons. The molecule has 1 aromatic carbocycles. The second-order valence-electron chi connectivity index (χ2n) is 3.67. The molecular weight excluding hydrogens is 174 g/mol. The van der Waals surface area contributed by atoms with Crippen molar-refractivity contribution < 1.29 is 4.79 Å². The van der Waals surface area contributed by atoms with Crippen molar-refractivity contribution in [2.45, 2.75) is 19.8 Å². The van der Waals surface area contributed by atoms with Gasteiger partial charge in [0.2, 0.25) is 5.91 Å². The summed E-state index contributed by atoms with van der Waals surface area (Å²) >= 11 is 0. The molecule has 0 radical (unpaired) electrons. The van der Waals surface area contributed by atoms with E-state index in [9.17, 15) is 4.79 Å². The summed E-state index contributed by atoms with van der Waals surface area (Å²) < 4.78 is 0. The first-order valence-electron chi connectivity index (χ1n) is 4.77. The number of nitrogens with two attached hydrogens (primary N) is 1. The molecule has 14 heavy (non-hydrogen) atoms. The number of hydrogen-bond acceptors (Lipinski definition) is 1. The lowest BCUT2D eigenvalue weighted by atomic mass is 10.0. The van der Waals surface area contributed by atoms with Crippen LogP contribution >= 0.6 is 0 Å². The fourth-order valence-electron chi connectivity index (χ4n) is 2.05. The number of benzene rings is 1. The van der Waals surface area contributed by atoms with Crippen LogP contribution in [0.1, 0.15) is 23.1 Å². The molecule has 0 bridgehead atoms. The van der Waals surface area contributed by atoms with Gasteiger partial charge in [-0.1, -0.05) is 18.2 Å². The highest BCUT2D eigenvalue weighted by molar-refractivity contribution is 5.95. The SMILES string of the molecule is Cc1cccc2c1CC/C2=C/C(N)=O. The highest BCUT2D eigenvalue weighted by Crippen LogP contribution is 2.33. The Bertz CT molecular complexity index is 418. The third kappa shape index (κ3) is 1.43. The highest BCUT2D eigenvalue weighted by atomic mass is 16.1. The largest absolute Gasteiger partial charge is 0.366 e. The lowest BCUT2D eigenvalue weighted by Crippen LogP contribution is -2.06. The number of fused-ring (bicyclic) bond motifs is 1. The molecule has 2 N–H and O–H groups in total. The number of aryl methyl sites for hydroxylation is 1. The van der Waals surface area contributed by atoms with Crippen LogP contribution in [-0.4, -0.2) is 5.91 Å². The van der Waals surface area contributed by atoms with E-state index in [1.165, 1.54) is 16.7 Å². The fraction of sp³-hybridized carbons (Fsp3) is 0.250. The summed E-state index contributed by atoms with van der Waals surface area (Å²) in [4.78, 5) is 10.8. The minimum Gasteiger partial charge on any atom is -0.366 e. The zero-order valence-corrected chi connectivity index (χ0v) is 8.21. The lowest BCUT2D eigenvalue weighted by molar-refractivity contribution is -0.113. The van der Waals surface area contributed by atoms with Gasteiger partial charge in [0.15, 0.2) is 0 Å². The van der Waals surface area contributed by atoms with Gasteiger partial charge >= 0.3 is 0 Å². The standard InChI is InChI=1S/C12H13NO/c1-8-3-2-4-11-9(7-12(13)14)5-6-10(8)11/h2-4,7H,5-6H2,1H3,(H2,13,14)/b9-7-. The Labute approximate surface area is 83.4 Å². The molecule has 1 aromatic rings. The Morgan fingerprint density at radius 2 is 2.21 bits per heavy atom. The van der Waals surface area contributed by atoms with Crippen LogP contribution in [0.5, 0.6) is 0 Å². The van der Waals surface area contributed by atoms with Crippen LogP contribution in [0.4, 0.5) is 0 Å². The molecule has 2 nitrogen and oxygen atoms in total. The van der Waals surface area contributed by atoms with Gasteiger partial charge in [0.1, 0.15) is 0 Å². The predicted molar refractivity (Wildman–Crippen MR) is 56.7 cm³/mol. The maximum atomic E-state index is 10.8. The van der Waals surface area contributed by atoms with Gasteiger partial charge in [0, 0.05) is 6.08 Å². The maximum absolute atomic E-state index is 10.8. The predicted octanol–water partition coefficient (Wildman–Crippen LogP) is 1.81. The van der Waals surface area contributed by atoms with Crippen LogP contribution in [0.2, 0.25) is 0 Å². The van der Waals surface area contributed by atoms with Gasteiger partial charge < -0.3 is 5.73 Å². The monoisotopic (exact) mass is 187 g/mol. The summed E-state index contributed by atoms with van der Waals surface area (Å²) in [5.74, 6) is -0.352. The summed E-state index contributed by atoms with van der Waals surface area (Å²) in [6.07, 6.45) is 3.51. The molecule has 0 saturated carbocycles. The first kappa shape index (κ1) is 9.00. The third-order valence-corrected chi connectivity index (χ3v) is 2.72. The van der Waals surface area contributed by atoms with E-state index in [0.717, 1.165) is 18.4 Å². The third-order valence-electron chi connectivity index (χ3n) is 2.72. The average molecular weight is 187 g/mol. The average Bonchev–Trinajstić information content (AvgIpc) is 2.49. The number of amides is 1. The molecular formula is C12H13NO. The van der Waals surface area contributed by atoms with E-state index in [-0.39, 0.29) is 5.91 Å². The topological polar surface area (TPSA) is 43.1 Å². The van der Waals surface area contributed by atoms with Crippen molar-refractivity contribution >= 4 is 11.5 Å². The molecule has 0 heterocycles. The zero-order chi connectivity index (χ0) is 10.1. The number of hydrogen-bond donors (Lipinski definition) is 1. The van der Waals surface area contributed by atoms with Crippen molar-refractivity contribution in [1.29, 1.82) is 0 Å². The first-order valence-corrected chi connectivity index (χ1v) is 4.77. The molecule has 0 aliphatic heterocycles. The van der Waals surface area contributed by atoms with Gasteiger partial charge in [-0.2, -0.15) is 0 Å². The van der Waals surface area contributed by atoms with Gasteiger partial charge in [0.05, 0.1) is 0 Å². The first-order chi connectivity index (χ1) is 6.68. The smallest absolute Gasteiger partial charge is 0.241 e. The van der Waals surface area contributed by atoms with Crippen molar-refractivity contribution in [3.8, 4) is 0 Å². The minimum atomic E-state index is -0.352. The summed E-state index contributed by atoms with van der Waals surface area (Å²) in [5, 5.41) is 0. The van der Waals surface area contributed by atoms with Crippen LogP contribution in [0.25, 0.3) is 5.57 Å². The Balaban J connectivity index is 2.50. The second-order valence-corrected chi connectivity index (χ2v) is 3.67. The molecule has 1 amide bonds. The maximum Gasteiger partial charge on any atom is 0.241 e. The Morgan fingerprint density at radius 1 is 1.43 bits per heavy atom. The van der Waals surface area contributed by atoms with Crippen LogP contribution in [0, 0.1) is 6.92 Å². The molecule has 0 saturated heterocycles. The van der Waals surface area contributed by atoms with Crippen molar-refractivity contribution in [3.05, 3.63) is 41.0 Å². The van der Waals surface area contributed by atoms with Gasteiger partial charge in [0.25, 0.3) is 0 Å². The molecule has 0 spiro atoms. The van der Waals surface area contributed by atoms with E-state index < -0.39 is 0 Å². The Kier molecular flexibility index (Phi) is 2.12. The Morgan fingerprint density at radius 3 is 2.93 bits per heavy atom. The fourth-order valence-corrected chi connectivity index (χ4v) is 2.05. The molecule has 0 aromatic heterocycles. The van der Waals surface area contributed by atoms with E-state index in [1.807, 2.05) is 6.07 Å². The molecule has 0 atom stereocenters. The molecule has 0 unspecified atom stereocenters. The zero-order valence-electron chi connectivity index (χ0n) is 8.21. The van der Waals surface area contributed by atoms with Crippen molar-refractivity contribution in [3.63, 3.8) is 0 Å². The van der Waals surface area contributed by atoms with Crippen molar-refractivity contribution in [1.82, 2.24) is 0 Å². The Hall–Kier alpha value is -1.57. The highest BCUT2D eigenvalue weighted by Gasteiger charge is 2.17. The number of rotatable bonds is 1. The van der Waals surface area contributed by atoms with Gasteiger partial charge in [-0.05, 0) is 42.0 Å². The van der Waals surface area contributed by atoms with Crippen LogP contribution in [-0.2, 0) is 11.2 Å². The molecule has 2 rings (SSSR count). The van der Waals surface area contributed by atoms with E-state index in [4.69, 9.17) is 5.73 Å². The number of carbonyl (C=O) groups excluding carboxylic acids is 1. The van der Waals surface area contributed by atoms with Crippen LogP contribution in [0.15, 0.2) is 24.3 Å². The number of allylic oxidation sites excluding steroid dienone is 1. The number of primary amides is 1. The van der Waals surface area contributed by atoms with Crippen molar-refractivity contribution in [2.75, 3.05) is 0 Å². The summed E-state index contributed by atoms with van der Waals surface area (Å²) in [6.45, 7) is 2.10. The quantitative estimate of drug-likeness (QED) is 0.669. The van der Waals surface area contributed by atoms with Gasteiger partial charge in [-0.25, -0.2) is 0 Å². The van der Waals surface area contributed by atoms with E-state index in [2.05, 4.69) is 19.1 Å². The van der Waals surface area contributed by atoms with E-state index >= 15 is 0 Å². The molecule has 1 aliphatic rings. The summed E-state index contributed by atoms with van der Waals surface area (Å²) in [6, 6.07) is 6.18. The van der Waals surface area contributed by atoms with Gasteiger partial charge in [-0.15, -0.1) is 0 Å². The van der Waals surface area contributed by atoms with Gasteiger partial charge in [-0.3, -0.25) is 4.79 Å². The molecule has 0 fully saturated rings. The van der Waals surface area contributed by atoms with Crippen LogP contribution < -0.4 is 5.73 Å². The lowest BCUT2D eigenvalue weighted by Gasteiger charge is -2.02. The van der Waals surface area contributed by atoms with Crippen LogP contribution in [0.3, 0.4) is 0 Å².